The van der Waals surface area contributed by atoms with E-state index in [1.165, 1.54) is 20.0 Å². The number of carbonyl (C=O) groups excluding carboxylic acids is 1. The Morgan fingerprint density at radius 1 is 1.55 bits per heavy atom. The molecule has 1 aliphatic carbocycles. The molecular weight excluding hydrogens is 140 g/mol. The molecule has 0 radical (unpaired) electrons. The summed E-state index contributed by atoms with van der Waals surface area (Å²) in [5.74, 6) is 6.32. The van der Waals surface area contributed by atoms with Crippen molar-refractivity contribution in [2.45, 2.75) is 25.7 Å². The number of ether oxygens (including phenoxy) is 1. The first-order chi connectivity index (χ1) is 5.33. The highest BCUT2D eigenvalue weighted by Gasteiger charge is 2.19. The molecule has 0 spiro atoms. The third-order valence-electron chi connectivity index (χ3n) is 1.67. The molecule has 1 saturated carbocycles. The molecule has 2 nitrogen and oxygen atoms in total. The van der Waals surface area contributed by atoms with Crippen molar-refractivity contribution in [3.05, 3.63) is 0 Å². The third kappa shape index (κ3) is 3.67. The van der Waals surface area contributed by atoms with E-state index in [-0.39, 0.29) is 12.4 Å². The van der Waals surface area contributed by atoms with Crippen LogP contribution in [0.25, 0.3) is 0 Å². The highest BCUT2D eigenvalue weighted by atomic mass is 16.5. The minimum atomic E-state index is -0.242. The minimum Gasteiger partial charge on any atom is -0.468 e. The lowest BCUT2D eigenvalue weighted by Crippen LogP contribution is -1.96. The molecule has 0 heterocycles. The van der Waals surface area contributed by atoms with Gasteiger partial charge in [-0.2, -0.15) is 0 Å². The Hall–Kier alpha value is -0.970. The van der Waals surface area contributed by atoms with E-state index in [9.17, 15) is 4.79 Å². The molecule has 0 N–H and O–H groups in total. The molecule has 0 aliphatic heterocycles. The molecule has 0 aromatic carbocycles. The van der Waals surface area contributed by atoms with Gasteiger partial charge in [0, 0.05) is 6.42 Å². The predicted octanol–water partition coefficient (Wildman–Crippen LogP) is 1.35. The average Bonchev–Trinajstić information content (AvgIpc) is 2.81. The standard InChI is InChI=1S/C9H12O2/c1-11-9(10)5-3-2-4-8-6-7-8/h8H,4-7H2,1H3. The molecule has 0 saturated heterocycles. The lowest BCUT2D eigenvalue weighted by atomic mass is 10.3. The monoisotopic (exact) mass is 152 g/mol. The molecule has 1 rings (SSSR count). The molecule has 0 aromatic rings. The molecule has 0 atom stereocenters. The predicted molar refractivity (Wildman–Crippen MR) is 41.8 cm³/mol. The number of rotatable bonds is 2. The molecule has 1 aliphatic rings. The van der Waals surface area contributed by atoms with Gasteiger partial charge in [-0.05, 0) is 18.8 Å². The Kier molecular flexibility index (Phi) is 2.97. The van der Waals surface area contributed by atoms with Gasteiger partial charge in [0.1, 0.15) is 6.42 Å². The summed E-state index contributed by atoms with van der Waals surface area (Å²) < 4.78 is 4.43. The molecule has 0 aromatic heterocycles. The summed E-state index contributed by atoms with van der Waals surface area (Å²) in [6.45, 7) is 0. The van der Waals surface area contributed by atoms with Crippen molar-refractivity contribution < 1.29 is 9.53 Å². The SMILES string of the molecule is COC(=O)CC#CCC1CC1. The molecule has 1 fully saturated rings. The lowest BCUT2D eigenvalue weighted by molar-refractivity contribution is -0.139. The lowest BCUT2D eigenvalue weighted by Gasteiger charge is -1.88. The van der Waals surface area contributed by atoms with Crippen LogP contribution in [0.3, 0.4) is 0 Å². The van der Waals surface area contributed by atoms with Crippen molar-refractivity contribution >= 4 is 5.97 Å². The van der Waals surface area contributed by atoms with Gasteiger partial charge in [0.2, 0.25) is 0 Å². The van der Waals surface area contributed by atoms with Gasteiger partial charge in [-0.3, -0.25) is 4.79 Å². The maximum atomic E-state index is 10.5. The maximum absolute atomic E-state index is 10.5. The fraction of sp³-hybridized carbons (Fsp3) is 0.667. The van der Waals surface area contributed by atoms with Crippen LogP contribution < -0.4 is 0 Å². The second kappa shape index (κ2) is 4.02. The fourth-order valence-corrected chi connectivity index (χ4v) is 0.745. The zero-order valence-corrected chi connectivity index (χ0v) is 6.72. The van der Waals surface area contributed by atoms with Crippen LogP contribution in [-0.2, 0) is 9.53 Å². The van der Waals surface area contributed by atoms with E-state index in [2.05, 4.69) is 16.6 Å². The number of esters is 1. The van der Waals surface area contributed by atoms with E-state index in [1.54, 1.807) is 0 Å². The first-order valence-electron chi connectivity index (χ1n) is 3.85. The van der Waals surface area contributed by atoms with Gasteiger partial charge in [0.25, 0.3) is 0 Å². The van der Waals surface area contributed by atoms with Crippen LogP contribution in [0.4, 0.5) is 0 Å². The molecule has 60 valence electrons. The Labute approximate surface area is 66.9 Å². The van der Waals surface area contributed by atoms with Gasteiger partial charge in [-0.15, -0.1) is 5.92 Å². The zero-order chi connectivity index (χ0) is 8.10. The second-order valence-corrected chi connectivity index (χ2v) is 2.75. The summed E-state index contributed by atoms with van der Waals surface area (Å²) in [7, 11) is 1.38. The third-order valence-corrected chi connectivity index (χ3v) is 1.67. The van der Waals surface area contributed by atoms with Crippen molar-refractivity contribution in [3.8, 4) is 11.8 Å². The Bertz CT molecular complexity index is 193. The van der Waals surface area contributed by atoms with E-state index >= 15 is 0 Å². The summed E-state index contributed by atoms with van der Waals surface area (Å²) in [6.07, 6.45) is 3.82. The van der Waals surface area contributed by atoms with Crippen molar-refractivity contribution in [1.29, 1.82) is 0 Å². The quantitative estimate of drug-likeness (QED) is 0.441. The van der Waals surface area contributed by atoms with Crippen molar-refractivity contribution in [2.75, 3.05) is 7.11 Å². The van der Waals surface area contributed by atoms with Gasteiger partial charge in [-0.25, -0.2) is 0 Å². The number of hydrogen-bond acceptors (Lipinski definition) is 2. The van der Waals surface area contributed by atoms with E-state index < -0.39 is 0 Å². The fourth-order valence-electron chi connectivity index (χ4n) is 0.745. The minimum absolute atomic E-state index is 0.239. The topological polar surface area (TPSA) is 26.3 Å². The molecule has 0 unspecified atom stereocenters. The van der Waals surface area contributed by atoms with E-state index in [1.807, 2.05) is 0 Å². The second-order valence-electron chi connectivity index (χ2n) is 2.75. The Balaban J connectivity index is 2.06. The van der Waals surface area contributed by atoms with Crippen LogP contribution in [0.5, 0.6) is 0 Å². The van der Waals surface area contributed by atoms with Crippen molar-refractivity contribution in [2.24, 2.45) is 5.92 Å². The molecule has 11 heavy (non-hydrogen) atoms. The smallest absolute Gasteiger partial charge is 0.317 e. The summed E-state index contributed by atoms with van der Waals surface area (Å²) >= 11 is 0. The summed E-state index contributed by atoms with van der Waals surface area (Å²) in [5, 5.41) is 0. The van der Waals surface area contributed by atoms with Crippen LogP contribution >= 0.6 is 0 Å². The Morgan fingerprint density at radius 3 is 2.82 bits per heavy atom. The summed E-state index contributed by atoms with van der Waals surface area (Å²) in [4.78, 5) is 10.5. The van der Waals surface area contributed by atoms with Gasteiger partial charge < -0.3 is 4.74 Å². The molecule has 0 bridgehead atoms. The normalized spacial score (nSPS) is 15.0. The van der Waals surface area contributed by atoms with E-state index in [0.29, 0.717) is 0 Å². The van der Waals surface area contributed by atoms with Gasteiger partial charge in [0.15, 0.2) is 0 Å². The highest BCUT2D eigenvalue weighted by molar-refractivity contribution is 5.72. The highest BCUT2D eigenvalue weighted by Crippen LogP contribution is 2.31. The van der Waals surface area contributed by atoms with Crippen LogP contribution in [0.2, 0.25) is 0 Å². The number of carbonyl (C=O) groups is 1. The van der Waals surface area contributed by atoms with Crippen LogP contribution in [-0.4, -0.2) is 13.1 Å². The first kappa shape index (κ1) is 8.13. The summed E-state index contributed by atoms with van der Waals surface area (Å²) in [6, 6.07) is 0. The first-order valence-corrected chi connectivity index (χ1v) is 3.85. The van der Waals surface area contributed by atoms with E-state index in [0.717, 1.165) is 12.3 Å². The number of methoxy groups -OCH3 is 1. The van der Waals surface area contributed by atoms with Crippen molar-refractivity contribution in [1.82, 2.24) is 0 Å². The maximum Gasteiger partial charge on any atom is 0.317 e. The molecule has 2 heteroatoms. The molecule has 0 amide bonds. The summed E-state index contributed by atoms with van der Waals surface area (Å²) in [5.41, 5.74) is 0. The van der Waals surface area contributed by atoms with Gasteiger partial charge >= 0.3 is 5.97 Å². The van der Waals surface area contributed by atoms with Crippen molar-refractivity contribution in [3.63, 3.8) is 0 Å². The zero-order valence-electron chi connectivity index (χ0n) is 6.72. The largest absolute Gasteiger partial charge is 0.468 e. The van der Waals surface area contributed by atoms with Crippen LogP contribution in [0.1, 0.15) is 25.7 Å². The number of hydrogen-bond donors (Lipinski definition) is 0. The van der Waals surface area contributed by atoms with Crippen LogP contribution in [0.15, 0.2) is 0 Å². The average molecular weight is 152 g/mol. The van der Waals surface area contributed by atoms with Gasteiger partial charge in [0.05, 0.1) is 7.11 Å². The molecular formula is C9H12O2. The Morgan fingerprint density at radius 2 is 2.27 bits per heavy atom. The van der Waals surface area contributed by atoms with Gasteiger partial charge in [-0.1, -0.05) is 5.92 Å². The van der Waals surface area contributed by atoms with E-state index in [4.69, 9.17) is 0 Å². The van der Waals surface area contributed by atoms with Crippen LogP contribution in [0, 0.1) is 17.8 Å².